The lowest BCUT2D eigenvalue weighted by Gasteiger charge is -2.18. The van der Waals surface area contributed by atoms with E-state index in [1.54, 1.807) is 44.8 Å². The Kier molecular flexibility index (Phi) is 6.13. The third kappa shape index (κ3) is 4.22. The predicted molar refractivity (Wildman–Crippen MR) is 106 cm³/mol. The van der Waals surface area contributed by atoms with Crippen LogP contribution >= 0.6 is 0 Å². The van der Waals surface area contributed by atoms with Crippen molar-refractivity contribution in [3.63, 3.8) is 0 Å². The topological polar surface area (TPSA) is 97.9 Å². The second-order valence-electron chi connectivity index (χ2n) is 6.54. The Morgan fingerprint density at radius 3 is 2.62 bits per heavy atom. The Balaban J connectivity index is 2.02. The molecule has 1 atom stereocenters. The van der Waals surface area contributed by atoms with E-state index in [1.165, 1.54) is 18.9 Å². The van der Waals surface area contributed by atoms with Crippen LogP contribution in [0.4, 0.5) is 0 Å². The fourth-order valence-electron chi connectivity index (χ4n) is 3.00. The Hall–Kier alpha value is -3.39. The van der Waals surface area contributed by atoms with E-state index in [-0.39, 0.29) is 17.2 Å². The molecular formula is C21H23N3O5. The van der Waals surface area contributed by atoms with Gasteiger partial charge in [0.2, 0.25) is 0 Å². The number of pyridine rings is 1. The zero-order chi connectivity index (χ0) is 21.0. The van der Waals surface area contributed by atoms with Gasteiger partial charge in [0, 0.05) is 31.5 Å². The first-order valence-corrected chi connectivity index (χ1v) is 9.00. The maximum Gasteiger partial charge on any atom is 0.259 e. The summed E-state index contributed by atoms with van der Waals surface area (Å²) >= 11 is 0. The minimum absolute atomic E-state index is 0.109. The number of carbonyl (C=O) groups excluding carboxylic acids is 1. The lowest BCUT2D eigenvalue weighted by molar-refractivity contribution is 0.0773. The molecule has 0 fully saturated rings. The number of rotatable bonds is 7. The van der Waals surface area contributed by atoms with Gasteiger partial charge in [-0.1, -0.05) is 11.2 Å². The van der Waals surface area contributed by atoms with E-state index in [2.05, 4.69) is 10.1 Å². The van der Waals surface area contributed by atoms with Gasteiger partial charge in [-0.25, -0.2) is 0 Å². The van der Waals surface area contributed by atoms with Gasteiger partial charge in [-0.05, 0) is 36.8 Å². The van der Waals surface area contributed by atoms with Crippen LogP contribution < -0.4 is 9.47 Å². The number of benzene rings is 1. The van der Waals surface area contributed by atoms with Crippen LogP contribution in [0, 0.1) is 0 Å². The fourth-order valence-corrected chi connectivity index (χ4v) is 3.00. The summed E-state index contributed by atoms with van der Waals surface area (Å²) in [5.41, 5.74) is 2.02. The summed E-state index contributed by atoms with van der Waals surface area (Å²) in [5.74, 6) is 0.833. The van der Waals surface area contributed by atoms with Crippen LogP contribution in [0.3, 0.4) is 0 Å². The van der Waals surface area contributed by atoms with E-state index in [0.29, 0.717) is 29.3 Å². The molecule has 29 heavy (non-hydrogen) atoms. The molecule has 0 saturated heterocycles. The highest BCUT2D eigenvalue weighted by Crippen LogP contribution is 2.35. The van der Waals surface area contributed by atoms with Gasteiger partial charge >= 0.3 is 0 Å². The van der Waals surface area contributed by atoms with Gasteiger partial charge in [0.05, 0.1) is 14.2 Å². The zero-order valence-electron chi connectivity index (χ0n) is 16.7. The molecule has 152 valence electrons. The molecule has 3 aromatic rings. The van der Waals surface area contributed by atoms with Crippen LogP contribution in [-0.2, 0) is 6.54 Å². The van der Waals surface area contributed by atoms with Crippen molar-refractivity contribution >= 4 is 5.91 Å². The molecule has 0 bridgehead atoms. The molecule has 0 radical (unpaired) electrons. The second kappa shape index (κ2) is 8.74. The van der Waals surface area contributed by atoms with Crippen molar-refractivity contribution in [1.29, 1.82) is 0 Å². The summed E-state index contributed by atoms with van der Waals surface area (Å²) in [5, 5.41) is 14.2. The molecule has 0 aliphatic rings. The number of aromatic nitrogens is 2. The molecule has 0 saturated carbocycles. The Morgan fingerprint density at radius 1 is 1.24 bits per heavy atom. The van der Waals surface area contributed by atoms with Crippen molar-refractivity contribution in [2.45, 2.75) is 19.6 Å². The lowest BCUT2D eigenvalue weighted by Crippen LogP contribution is -2.27. The van der Waals surface area contributed by atoms with Crippen molar-refractivity contribution in [3.05, 3.63) is 59.6 Å². The minimum Gasteiger partial charge on any atom is -0.493 e. The number of nitrogens with zero attached hydrogens (tertiary/aromatic N) is 3. The van der Waals surface area contributed by atoms with Crippen LogP contribution in [0.25, 0.3) is 11.3 Å². The van der Waals surface area contributed by atoms with Gasteiger partial charge in [-0.3, -0.25) is 9.78 Å². The third-order valence-electron chi connectivity index (χ3n) is 4.46. The number of methoxy groups -OCH3 is 2. The molecule has 3 rings (SSSR count). The number of aliphatic hydroxyl groups is 1. The van der Waals surface area contributed by atoms with Gasteiger partial charge in [-0.2, -0.15) is 0 Å². The van der Waals surface area contributed by atoms with Gasteiger partial charge in [0.25, 0.3) is 5.91 Å². The first kappa shape index (κ1) is 20.3. The van der Waals surface area contributed by atoms with Crippen LogP contribution in [0.5, 0.6) is 11.5 Å². The third-order valence-corrected chi connectivity index (χ3v) is 4.46. The summed E-state index contributed by atoms with van der Waals surface area (Å²) in [6.07, 6.45) is 2.37. The molecule has 1 aromatic carbocycles. The number of amides is 1. The van der Waals surface area contributed by atoms with Gasteiger partial charge in [-0.15, -0.1) is 0 Å². The first-order chi connectivity index (χ1) is 14.0. The van der Waals surface area contributed by atoms with Crippen LogP contribution in [-0.4, -0.2) is 47.3 Å². The molecule has 0 spiro atoms. The van der Waals surface area contributed by atoms with E-state index in [4.69, 9.17) is 14.0 Å². The normalized spacial score (nSPS) is 11.8. The van der Waals surface area contributed by atoms with Gasteiger partial charge < -0.3 is 24.0 Å². The summed E-state index contributed by atoms with van der Waals surface area (Å²) < 4.78 is 15.9. The predicted octanol–water partition coefficient (Wildman–Crippen LogP) is 3.08. The Morgan fingerprint density at radius 2 is 2.00 bits per heavy atom. The van der Waals surface area contributed by atoms with Crippen molar-refractivity contribution in [1.82, 2.24) is 15.0 Å². The average molecular weight is 397 g/mol. The molecule has 1 N–H and O–H groups in total. The quantitative estimate of drug-likeness (QED) is 0.654. The molecule has 8 heteroatoms. The first-order valence-electron chi connectivity index (χ1n) is 9.00. The Bertz CT molecular complexity index is 985. The lowest BCUT2D eigenvalue weighted by atomic mass is 10.0. The maximum atomic E-state index is 13.2. The summed E-state index contributed by atoms with van der Waals surface area (Å²) in [6.45, 7) is 1.87. The fraction of sp³-hybridized carbons (Fsp3) is 0.286. The van der Waals surface area contributed by atoms with Crippen molar-refractivity contribution in [2.24, 2.45) is 0 Å². The van der Waals surface area contributed by atoms with E-state index in [1.807, 2.05) is 12.1 Å². The SMILES string of the molecule is COc1ccc(-c2noc([C@H](C)O)c2C(=O)N(C)Cc2cccnc2)cc1OC. The summed E-state index contributed by atoms with van der Waals surface area (Å²) in [6, 6.07) is 8.88. The monoisotopic (exact) mass is 397 g/mol. The van der Waals surface area contributed by atoms with Crippen molar-refractivity contribution < 1.29 is 23.9 Å². The van der Waals surface area contributed by atoms with Crippen LogP contribution in [0.1, 0.15) is 34.7 Å². The number of hydrogen-bond donors (Lipinski definition) is 1. The highest BCUT2D eigenvalue weighted by atomic mass is 16.5. The molecule has 2 aromatic heterocycles. The van der Waals surface area contributed by atoms with Crippen molar-refractivity contribution in [3.8, 4) is 22.8 Å². The largest absolute Gasteiger partial charge is 0.493 e. The van der Waals surface area contributed by atoms with E-state index in [0.717, 1.165) is 5.56 Å². The van der Waals surface area contributed by atoms with Crippen molar-refractivity contribution in [2.75, 3.05) is 21.3 Å². The van der Waals surface area contributed by atoms with E-state index in [9.17, 15) is 9.90 Å². The number of hydrogen-bond acceptors (Lipinski definition) is 7. The molecule has 0 aliphatic heterocycles. The second-order valence-corrected chi connectivity index (χ2v) is 6.54. The minimum atomic E-state index is -0.998. The molecule has 2 heterocycles. The smallest absolute Gasteiger partial charge is 0.259 e. The maximum absolute atomic E-state index is 13.2. The average Bonchev–Trinajstić information content (AvgIpc) is 3.18. The van der Waals surface area contributed by atoms with Crippen LogP contribution in [0.2, 0.25) is 0 Å². The Labute approximate surface area is 168 Å². The summed E-state index contributed by atoms with van der Waals surface area (Å²) in [4.78, 5) is 18.8. The van der Waals surface area contributed by atoms with Gasteiger partial charge in [0.1, 0.15) is 17.4 Å². The van der Waals surface area contributed by atoms with E-state index < -0.39 is 6.10 Å². The number of ether oxygens (including phenoxy) is 2. The van der Waals surface area contributed by atoms with Gasteiger partial charge in [0.15, 0.2) is 17.3 Å². The highest BCUT2D eigenvalue weighted by molar-refractivity contribution is 6.01. The molecule has 0 unspecified atom stereocenters. The standard InChI is InChI=1S/C21H23N3O5/c1-13(25)20-18(21(26)24(2)12-14-6-5-9-22-11-14)19(23-29-20)15-7-8-16(27-3)17(10-15)28-4/h5-11,13,25H,12H2,1-4H3/t13-/m0/s1. The molecule has 0 aliphatic carbocycles. The molecule has 8 nitrogen and oxygen atoms in total. The van der Waals surface area contributed by atoms with E-state index >= 15 is 0 Å². The summed E-state index contributed by atoms with van der Waals surface area (Å²) in [7, 11) is 4.74. The molecule has 1 amide bonds. The number of carbonyl (C=O) groups is 1. The zero-order valence-corrected chi connectivity index (χ0v) is 16.7. The number of aliphatic hydroxyl groups excluding tert-OH is 1. The molecular weight excluding hydrogens is 374 g/mol. The van der Waals surface area contributed by atoms with Crippen LogP contribution in [0.15, 0.2) is 47.2 Å². The highest BCUT2D eigenvalue weighted by Gasteiger charge is 2.29.